The zero-order valence-corrected chi connectivity index (χ0v) is 23.6. The van der Waals surface area contributed by atoms with Crippen molar-refractivity contribution in [2.24, 2.45) is 0 Å². The summed E-state index contributed by atoms with van der Waals surface area (Å²) in [6.07, 6.45) is 5.65. The number of halogens is 1. The molecule has 2 N–H and O–H groups in total. The van der Waals surface area contributed by atoms with Gasteiger partial charge in [-0.15, -0.1) is 0 Å². The van der Waals surface area contributed by atoms with Crippen LogP contribution in [-0.2, 0) is 4.74 Å². The van der Waals surface area contributed by atoms with Gasteiger partial charge < -0.3 is 24.4 Å². The number of benzene rings is 2. The van der Waals surface area contributed by atoms with Crippen LogP contribution in [-0.4, -0.2) is 76.3 Å². The predicted octanol–water partition coefficient (Wildman–Crippen LogP) is 3.08. The summed E-state index contributed by atoms with van der Waals surface area (Å²) in [6.45, 7) is 4.87. The number of nitrogens with zero attached hydrogens (tertiary/aromatic N) is 7. The zero-order chi connectivity index (χ0) is 29.1. The van der Waals surface area contributed by atoms with E-state index in [2.05, 4.69) is 34.2 Å². The fraction of sp³-hybridized carbons (Fsp3) is 0.321. The van der Waals surface area contributed by atoms with Crippen molar-refractivity contribution < 1.29 is 13.9 Å². The first-order valence-corrected chi connectivity index (χ1v) is 14.2. The number of fused-ring (bicyclic) bond motifs is 1. The smallest absolute Gasteiger partial charge is 0.266 e. The van der Waals surface area contributed by atoms with Crippen LogP contribution in [0.2, 0.25) is 0 Å². The van der Waals surface area contributed by atoms with E-state index in [1.54, 1.807) is 31.6 Å². The van der Waals surface area contributed by atoms with E-state index in [9.17, 15) is 14.4 Å². The van der Waals surface area contributed by atoms with Gasteiger partial charge in [0.05, 0.1) is 40.8 Å². The molecular formula is C28H28FN9O3S. The molecule has 6 rings (SSSR count). The minimum atomic E-state index is -0.701. The van der Waals surface area contributed by atoms with Crippen LogP contribution in [0.5, 0.6) is 11.5 Å². The van der Waals surface area contributed by atoms with E-state index in [1.165, 1.54) is 41.2 Å². The van der Waals surface area contributed by atoms with Gasteiger partial charge in [-0.05, 0) is 36.8 Å². The maximum atomic E-state index is 15.0. The fourth-order valence-corrected chi connectivity index (χ4v) is 5.71. The second kappa shape index (κ2) is 12.3. The molecule has 1 atom stereocenters. The van der Waals surface area contributed by atoms with E-state index in [0.717, 1.165) is 45.7 Å². The molecule has 0 amide bonds. The minimum absolute atomic E-state index is 0.00964. The van der Waals surface area contributed by atoms with Crippen molar-refractivity contribution in [3.63, 3.8) is 0 Å². The molecule has 2 aliphatic heterocycles. The van der Waals surface area contributed by atoms with Crippen molar-refractivity contribution in [3.8, 4) is 23.3 Å². The maximum absolute atomic E-state index is 15.0. The topological polar surface area (TPSA) is 133 Å². The fourth-order valence-electron chi connectivity index (χ4n) is 4.87. The second-order valence-electron chi connectivity index (χ2n) is 9.82. The highest BCUT2D eigenvalue weighted by atomic mass is 32.2. The van der Waals surface area contributed by atoms with Crippen LogP contribution in [0.4, 0.5) is 16.0 Å². The summed E-state index contributed by atoms with van der Waals surface area (Å²) in [6, 6.07) is 9.46. The molecular weight excluding hydrogens is 561 g/mol. The molecule has 1 unspecified atom stereocenters. The Kier molecular flexibility index (Phi) is 8.15. The Labute approximate surface area is 245 Å². The van der Waals surface area contributed by atoms with Crippen LogP contribution < -0.4 is 25.2 Å². The molecule has 216 valence electrons. The number of piperazine rings is 1. The number of anilines is 2. The van der Waals surface area contributed by atoms with Crippen LogP contribution in [0.15, 0.2) is 53.8 Å². The second-order valence-corrected chi connectivity index (χ2v) is 10.7. The lowest BCUT2D eigenvalue weighted by Crippen LogP contribution is -2.44. The third-order valence-corrected chi connectivity index (χ3v) is 8.10. The molecule has 2 aromatic heterocycles. The quantitative estimate of drug-likeness (QED) is 0.293. The summed E-state index contributed by atoms with van der Waals surface area (Å²) in [5, 5.41) is 13.4. The number of nitriles is 1. The van der Waals surface area contributed by atoms with Crippen LogP contribution >= 0.6 is 12.1 Å². The molecule has 2 aromatic carbocycles. The number of rotatable bonds is 8. The van der Waals surface area contributed by atoms with Crippen molar-refractivity contribution in [2.45, 2.75) is 12.5 Å². The molecule has 2 saturated heterocycles. The molecule has 0 aliphatic carbocycles. The van der Waals surface area contributed by atoms with Crippen molar-refractivity contribution >= 4 is 34.7 Å². The largest absolute Gasteiger partial charge is 0.453 e. The van der Waals surface area contributed by atoms with E-state index in [4.69, 9.17) is 9.47 Å². The SMILES string of the molecule is COC1CCN(SNc2ccc(F)c(Oc3ccc4ncn(-c5cnc(N6CCNCC6)nc5)c(=O)c4c3)c2C#N)C1. The first kappa shape index (κ1) is 27.9. The Bertz CT molecular complexity index is 1690. The minimum Gasteiger partial charge on any atom is -0.453 e. The van der Waals surface area contributed by atoms with Crippen LogP contribution in [0.1, 0.15) is 12.0 Å². The molecule has 0 saturated carbocycles. The van der Waals surface area contributed by atoms with Crippen molar-refractivity contribution in [1.29, 1.82) is 5.26 Å². The van der Waals surface area contributed by atoms with Gasteiger partial charge in [-0.1, -0.05) is 0 Å². The Balaban J connectivity index is 1.25. The maximum Gasteiger partial charge on any atom is 0.266 e. The number of nitrogens with one attached hydrogen (secondary N) is 2. The number of ether oxygens (including phenoxy) is 2. The number of hydrogen-bond acceptors (Lipinski definition) is 12. The molecule has 4 aromatic rings. The Morgan fingerprint density at radius 1 is 1.14 bits per heavy atom. The molecule has 0 spiro atoms. The summed E-state index contributed by atoms with van der Waals surface area (Å²) in [7, 11) is 1.68. The normalized spacial score (nSPS) is 17.4. The van der Waals surface area contributed by atoms with Gasteiger partial charge in [-0.25, -0.2) is 23.6 Å². The Hall–Kier alpha value is -4.29. The highest BCUT2D eigenvalue weighted by Gasteiger charge is 2.24. The molecule has 42 heavy (non-hydrogen) atoms. The molecule has 0 bridgehead atoms. The molecule has 4 heterocycles. The summed E-state index contributed by atoms with van der Waals surface area (Å²) in [5.74, 6) is -0.150. The highest BCUT2D eigenvalue weighted by molar-refractivity contribution is 7.98. The van der Waals surface area contributed by atoms with Crippen LogP contribution in [0, 0.1) is 17.1 Å². The average Bonchev–Trinajstić information content (AvgIpc) is 3.50. The van der Waals surface area contributed by atoms with Crippen molar-refractivity contribution in [2.75, 3.05) is 56.0 Å². The molecule has 2 fully saturated rings. The van der Waals surface area contributed by atoms with Gasteiger partial charge in [0.1, 0.15) is 23.7 Å². The van der Waals surface area contributed by atoms with Gasteiger partial charge in [0.15, 0.2) is 11.6 Å². The van der Waals surface area contributed by atoms with Gasteiger partial charge in [-0.3, -0.25) is 9.36 Å². The van der Waals surface area contributed by atoms with Crippen molar-refractivity contribution in [3.05, 3.63) is 70.8 Å². The van der Waals surface area contributed by atoms with Gasteiger partial charge in [-0.2, -0.15) is 5.26 Å². The van der Waals surface area contributed by atoms with E-state index in [0.29, 0.717) is 22.8 Å². The first-order chi connectivity index (χ1) is 20.5. The van der Waals surface area contributed by atoms with Crippen LogP contribution in [0.25, 0.3) is 16.6 Å². The summed E-state index contributed by atoms with van der Waals surface area (Å²) in [4.78, 5) is 28.8. The lowest BCUT2D eigenvalue weighted by Gasteiger charge is -2.27. The van der Waals surface area contributed by atoms with Crippen LogP contribution in [0.3, 0.4) is 0 Å². The van der Waals surface area contributed by atoms with Crippen molar-refractivity contribution in [1.82, 2.24) is 29.1 Å². The lowest BCUT2D eigenvalue weighted by atomic mass is 10.1. The monoisotopic (exact) mass is 589 g/mol. The van der Waals surface area contributed by atoms with E-state index >= 15 is 0 Å². The predicted molar refractivity (Wildman–Crippen MR) is 157 cm³/mol. The highest BCUT2D eigenvalue weighted by Crippen LogP contribution is 2.35. The van der Waals surface area contributed by atoms with E-state index < -0.39 is 5.82 Å². The summed E-state index contributed by atoms with van der Waals surface area (Å²) < 4.78 is 32.8. The number of hydrogen-bond donors (Lipinski definition) is 2. The molecule has 12 nitrogen and oxygen atoms in total. The Morgan fingerprint density at radius 3 is 2.69 bits per heavy atom. The van der Waals surface area contributed by atoms with E-state index in [1.807, 2.05) is 6.07 Å². The molecule has 14 heteroatoms. The van der Waals surface area contributed by atoms with Gasteiger partial charge in [0, 0.05) is 58.5 Å². The van der Waals surface area contributed by atoms with Gasteiger partial charge in [0.25, 0.3) is 5.56 Å². The van der Waals surface area contributed by atoms with Gasteiger partial charge >= 0.3 is 0 Å². The van der Waals surface area contributed by atoms with Gasteiger partial charge in [0.2, 0.25) is 5.95 Å². The third-order valence-electron chi connectivity index (χ3n) is 7.20. The molecule has 2 aliphatic rings. The standard InChI is InChI=1S/C28H28FN9O3S/c1-40-20-6-9-37(16-20)42-35-25-5-3-23(29)26(22(25)13-30)41-19-2-4-24-21(12-19)27(39)38(17-34-24)18-14-32-28(33-15-18)36-10-7-31-8-11-36/h2-5,12,14-15,17,20,31,35H,6-11,16H2,1H3. The first-order valence-electron chi connectivity index (χ1n) is 13.4. The third kappa shape index (κ3) is 5.72. The molecule has 0 radical (unpaired) electrons. The summed E-state index contributed by atoms with van der Waals surface area (Å²) in [5.41, 5.74) is 0.958. The number of aromatic nitrogens is 4. The summed E-state index contributed by atoms with van der Waals surface area (Å²) >= 11 is 1.32. The zero-order valence-electron chi connectivity index (χ0n) is 22.8. The average molecular weight is 590 g/mol. The lowest BCUT2D eigenvalue weighted by molar-refractivity contribution is 0.115. The Morgan fingerprint density at radius 2 is 1.95 bits per heavy atom. The van der Waals surface area contributed by atoms with E-state index in [-0.39, 0.29) is 34.1 Å². The number of methoxy groups -OCH3 is 1.